The molecule has 9 aromatic carbocycles. The van der Waals surface area contributed by atoms with Gasteiger partial charge in [-0.3, -0.25) is 0 Å². The van der Waals surface area contributed by atoms with E-state index in [1.807, 2.05) is 29.6 Å². The Morgan fingerprint density at radius 1 is 0.266 bits per heavy atom. The molecule has 696 valence electrons. The Morgan fingerprint density at radius 3 is 0.945 bits per heavy atom. The zero-order chi connectivity index (χ0) is 92.6. The number of thioether (sulfide) groups is 2. The van der Waals surface area contributed by atoms with E-state index in [-0.39, 0.29) is 10.8 Å². The van der Waals surface area contributed by atoms with Crippen LogP contribution in [0.25, 0.3) is 0 Å². The topological polar surface area (TPSA) is 18.5 Å². The number of ether oxygens (including phenoxy) is 2. The predicted octanol–water partition coefficient (Wildman–Crippen LogP) is 37.1. The molecule has 9 atom stereocenters. The van der Waals surface area contributed by atoms with Gasteiger partial charge in [0.05, 0.1) is 13.2 Å². The van der Waals surface area contributed by atoms with E-state index in [9.17, 15) is 0 Å². The maximum atomic E-state index is 6.09. The first-order chi connectivity index (χ1) is 60.7. The van der Waals surface area contributed by atoms with Crippen LogP contribution in [0.3, 0.4) is 0 Å². The van der Waals surface area contributed by atoms with Crippen molar-refractivity contribution in [1.29, 1.82) is 0 Å². The molecule has 4 heteroatoms. The zero-order valence-electron chi connectivity index (χ0n) is 85.2. The minimum atomic E-state index is 0.253. The highest BCUT2D eigenvalue weighted by molar-refractivity contribution is 7.99. The van der Waals surface area contributed by atoms with Crippen LogP contribution in [-0.2, 0) is 28.1 Å². The molecule has 15 rings (SSSR count). The van der Waals surface area contributed by atoms with E-state index < -0.39 is 0 Å². The van der Waals surface area contributed by atoms with Crippen LogP contribution >= 0.6 is 23.5 Å². The highest BCUT2D eigenvalue weighted by atomic mass is 32.2. The Morgan fingerprint density at radius 2 is 0.562 bits per heavy atom. The van der Waals surface area contributed by atoms with Crippen LogP contribution in [0.5, 0.6) is 11.5 Å². The van der Waals surface area contributed by atoms with Crippen LogP contribution in [-0.4, -0.2) is 24.7 Å². The summed E-state index contributed by atoms with van der Waals surface area (Å²) in [6.45, 7) is 56.9. The standard InChI is InChI=1S/C23H30.C22H28O.C22H28S.C21H34.C18H28O.C18H28S/c1-19-11-7-8-12-20(19)13-9-16-22(2)17-10-18-23(22,3)21-14-5-4-6-15-21;2*1-18-10-7-8-13-20(18)23-17-16-21(2)14-9-15-22(21,3)19-11-5-4-6-12-19;1-17-11-7-8-12-18(17)19(2,3)15-16-21(6)14-10-9-13-20(21,4)5;2*1-15-9-5-6-10-16(15)19-14-13-18(4)12-8-7-11-17(18,2)3/h4-8,11-12,14-15H,9-10,13,16-18H2,1-3H3;2*4-8,10-13H,9,14-17H2,1-3H3;7-8,11-12H,9-10,13-16H2,1-6H3;2*5-6,9-10H,7-8,11-14H2,1-4H3/t22-,23-;2*21-,22+;21-;2*18-/m100000/s1. The van der Waals surface area contributed by atoms with Gasteiger partial charge in [0.25, 0.3) is 0 Å². The molecule has 0 radical (unpaired) electrons. The summed E-state index contributed by atoms with van der Waals surface area (Å²) in [5.41, 5.74) is 21.0. The number of rotatable bonds is 27. The summed E-state index contributed by atoms with van der Waals surface area (Å²) in [6, 6.07) is 85.3. The van der Waals surface area contributed by atoms with Gasteiger partial charge in [-0.05, 0) is 344 Å². The van der Waals surface area contributed by atoms with Gasteiger partial charge in [0.1, 0.15) is 11.5 Å². The second kappa shape index (κ2) is 45.8. The van der Waals surface area contributed by atoms with Crippen molar-refractivity contribution in [3.63, 3.8) is 0 Å². The molecule has 0 saturated heterocycles. The lowest BCUT2D eigenvalue weighted by molar-refractivity contribution is 0.0131. The van der Waals surface area contributed by atoms with Crippen LogP contribution in [0, 0.1) is 90.3 Å². The molecule has 6 saturated carbocycles. The summed E-state index contributed by atoms with van der Waals surface area (Å²) in [4.78, 5) is 2.90. The number of hydrogen-bond donors (Lipinski definition) is 0. The molecule has 0 heterocycles. The van der Waals surface area contributed by atoms with E-state index in [2.05, 4.69) is 390 Å². The fraction of sp³-hybridized carbons (Fsp3) is 0.565. The minimum Gasteiger partial charge on any atom is -0.493 e. The number of para-hydroxylation sites is 2. The lowest BCUT2D eigenvalue weighted by Gasteiger charge is -2.49. The SMILES string of the molecule is Cc1ccccc1C(C)(C)CC[C@]1(C)CCCCC1(C)C.Cc1ccccc1CCC[C@]1(C)CCC[C@]1(C)c1ccccc1.Cc1ccccc1OCC[C@]1(C)CCCCC1(C)C.Cc1ccccc1OCC[C@]1(C)CCC[C@]1(C)c1ccccc1.Cc1ccccc1SCC[C@]1(C)CCCCC1(C)C.Cc1ccccc1SCC[C@]1(C)CCC[C@]1(C)c1ccccc1. The van der Waals surface area contributed by atoms with Gasteiger partial charge in [-0.15, -0.1) is 23.5 Å². The van der Waals surface area contributed by atoms with E-state index in [1.54, 1.807) is 0 Å². The molecule has 2 nitrogen and oxygen atoms in total. The second-order valence-corrected chi connectivity index (χ2v) is 48.0. The second-order valence-electron chi connectivity index (χ2n) is 45.7. The molecule has 0 bridgehead atoms. The average Bonchev–Trinajstić information content (AvgIpc) is 1.67. The lowest BCUT2D eigenvalue weighted by Crippen LogP contribution is -2.39. The lowest BCUT2D eigenvalue weighted by atomic mass is 9.56. The van der Waals surface area contributed by atoms with Crippen LogP contribution in [0.2, 0.25) is 0 Å². The van der Waals surface area contributed by atoms with Crippen molar-refractivity contribution >= 4 is 23.5 Å². The number of aryl methyl sites for hydroxylation is 7. The molecule has 9 aromatic rings. The fourth-order valence-electron chi connectivity index (χ4n) is 23.9. The van der Waals surface area contributed by atoms with E-state index in [4.69, 9.17) is 9.47 Å². The quantitative estimate of drug-likeness (QED) is 0.0478. The Kier molecular flexibility index (Phi) is 37.0. The highest BCUT2D eigenvalue weighted by Crippen LogP contribution is 2.61. The number of hydrogen-bond acceptors (Lipinski definition) is 4. The van der Waals surface area contributed by atoms with Crippen LogP contribution in [0.15, 0.2) is 246 Å². The molecule has 0 unspecified atom stereocenters. The Balaban J connectivity index is 0.000000160. The molecule has 6 fully saturated rings. The van der Waals surface area contributed by atoms with Crippen molar-refractivity contribution in [3.05, 3.63) is 298 Å². The fourth-order valence-corrected chi connectivity index (χ4v) is 26.4. The normalized spacial score (nSPS) is 26.7. The third-order valence-electron chi connectivity index (χ3n) is 36.3. The summed E-state index contributed by atoms with van der Waals surface area (Å²) >= 11 is 4.07. The first kappa shape index (κ1) is 103. The smallest absolute Gasteiger partial charge is 0.122 e. The van der Waals surface area contributed by atoms with Gasteiger partial charge in [0.2, 0.25) is 0 Å². The molecule has 0 amide bonds. The van der Waals surface area contributed by atoms with Crippen molar-refractivity contribution in [3.8, 4) is 11.5 Å². The Labute approximate surface area is 793 Å². The molecule has 6 aliphatic carbocycles. The Hall–Kier alpha value is -6.72. The maximum absolute atomic E-state index is 6.09. The van der Waals surface area contributed by atoms with E-state index in [0.29, 0.717) is 59.6 Å². The van der Waals surface area contributed by atoms with Crippen molar-refractivity contribution in [2.75, 3.05) is 24.7 Å². The maximum Gasteiger partial charge on any atom is 0.122 e. The van der Waals surface area contributed by atoms with Crippen LogP contribution in [0.1, 0.15) is 365 Å². The summed E-state index contributed by atoms with van der Waals surface area (Å²) < 4.78 is 12.1. The van der Waals surface area contributed by atoms with E-state index in [1.165, 1.54) is 262 Å². The van der Waals surface area contributed by atoms with Crippen molar-refractivity contribution in [1.82, 2.24) is 0 Å². The van der Waals surface area contributed by atoms with Gasteiger partial charge in [-0.25, -0.2) is 0 Å². The molecule has 128 heavy (non-hydrogen) atoms. The predicted molar refractivity (Wildman–Crippen MR) is 562 cm³/mol. The first-order valence-electron chi connectivity index (χ1n) is 50.7. The average molecular weight is 1760 g/mol. The minimum absolute atomic E-state index is 0.253. The van der Waals surface area contributed by atoms with Crippen LogP contribution in [0.4, 0.5) is 0 Å². The van der Waals surface area contributed by atoms with Crippen molar-refractivity contribution in [2.45, 2.75) is 383 Å². The molecular formula is C124H176O2S2. The van der Waals surface area contributed by atoms with Gasteiger partial charge in [-0.2, -0.15) is 0 Å². The molecule has 0 N–H and O–H groups in total. The Bertz CT molecular complexity index is 4460. The monoisotopic (exact) mass is 1760 g/mol. The highest BCUT2D eigenvalue weighted by Gasteiger charge is 2.52. The van der Waals surface area contributed by atoms with Crippen molar-refractivity contribution in [2.24, 2.45) is 48.7 Å². The van der Waals surface area contributed by atoms with E-state index >= 15 is 0 Å². The third kappa shape index (κ3) is 25.8. The third-order valence-corrected chi connectivity index (χ3v) is 38.7. The van der Waals surface area contributed by atoms with E-state index in [0.717, 1.165) is 37.6 Å². The van der Waals surface area contributed by atoms with Gasteiger partial charge < -0.3 is 9.47 Å². The van der Waals surface area contributed by atoms with Crippen molar-refractivity contribution < 1.29 is 9.47 Å². The number of benzene rings is 9. The first-order valence-corrected chi connectivity index (χ1v) is 52.7. The van der Waals surface area contributed by atoms with Gasteiger partial charge in [0, 0.05) is 9.79 Å². The molecule has 0 aromatic heterocycles. The zero-order valence-corrected chi connectivity index (χ0v) is 86.8. The van der Waals surface area contributed by atoms with Crippen LogP contribution < -0.4 is 9.47 Å². The largest absolute Gasteiger partial charge is 0.493 e. The van der Waals surface area contributed by atoms with Gasteiger partial charge in [-0.1, -0.05) is 388 Å². The van der Waals surface area contributed by atoms with Gasteiger partial charge >= 0.3 is 0 Å². The summed E-state index contributed by atoms with van der Waals surface area (Å²) in [6.07, 6.45) is 40.1. The summed E-state index contributed by atoms with van der Waals surface area (Å²) in [5.74, 6) is 4.53. The van der Waals surface area contributed by atoms with Gasteiger partial charge in [0.15, 0.2) is 0 Å². The molecule has 0 aliphatic heterocycles. The molecular weight excluding hydrogens is 1590 g/mol. The molecule has 6 aliphatic rings. The summed E-state index contributed by atoms with van der Waals surface area (Å²) in [7, 11) is 0. The summed E-state index contributed by atoms with van der Waals surface area (Å²) in [5, 5.41) is 0. The molecule has 0 spiro atoms.